The van der Waals surface area contributed by atoms with Gasteiger partial charge in [0, 0.05) is 16.9 Å². The van der Waals surface area contributed by atoms with Gasteiger partial charge >= 0.3 is 0 Å². The van der Waals surface area contributed by atoms with E-state index in [1.807, 2.05) is 24.3 Å². The van der Waals surface area contributed by atoms with Crippen LogP contribution in [0.15, 0.2) is 60.9 Å². The quantitative estimate of drug-likeness (QED) is 0.548. The van der Waals surface area contributed by atoms with E-state index in [4.69, 9.17) is 16.3 Å². The predicted molar refractivity (Wildman–Crippen MR) is 114 cm³/mol. The molecular formula is C22H22ClN3O2. The van der Waals surface area contributed by atoms with Crippen LogP contribution in [0.2, 0.25) is 5.02 Å². The number of hydrogen-bond donors (Lipinski definition) is 2. The van der Waals surface area contributed by atoms with Crippen molar-refractivity contribution in [3.8, 4) is 5.75 Å². The van der Waals surface area contributed by atoms with Gasteiger partial charge in [-0.05, 0) is 47.9 Å². The van der Waals surface area contributed by atoms with E-state index in [1.54, 1.807) is 37.6 Å². The molecule has 0 aliphatic heterocycles. The van der Waals surface area contributed by atoms with Crippen molar-refractivity contribution in [3.63, 3.8) is 0 Å². The van der Waals surface area contributed by atoms with E-state index in [9.17, 15) is 4.79 Å². The molecule has 0 aliphatic rings. The normalized spacial score (nSPS) is 10.6. The van der Waals surface area contributed by atoms with E-state index in [0.717, 1.165) is 5.69 Å². The van der Waals surface area contributed by atoms with Gasteiger partial charge in [0.2, 0.25) is 0 Å². The number of pyridine rings is 1. The van der Waals surface area contributed by atoms with Gasteiger partial charge < -0.3 is 15.4 Å². The van der Waals surface area contributed by atoms with Gasteiger partial charge in [-0.25, -0.2) is 0 Å². The summed E-state index contributed by atoms with van der Waals surface area (Å²) in [5.41, 5.74) is 3.76. The molecule has 2 N–H and O–H groups in total. The van der Waals surface area contributed by atoms with Gasteiger partial charge in [-0.3, -0.25) is 9.78 Å². The Labute approximate surface area is 169 Å². The summed E-state index contributed by atoms with van der Waals surface area (Å²) < 4.78 is 5.33. The molecule has 6 heteroatoms. The Morgan fingerprint density at radius 1 is 1.04 bits per heavy atom. The molecular weight excluding hydrogens is 374 g/mol. The molecule has 5 nitrogen and oxygen atoms in total. The Morgan fingerprint density at radius 2 is 1.79 bits per heavy atom. The Kier molecular flexibility index (Phi) is 6.16. The first-order chi connectivity index (χ1) is 13.5. The summed E-state index contributed by atoms with van der Waals surface area (Å²) in [6.07, 6.45) is 3.16. The minimum atomic E-state index is -0.230. The molecule has 1 aromatic heterocycles. The van der Waals surface area contributed by atoms with Gasteiger partial charge in [-0.1, -0.05) is 37.6 Å². The number of aromatic nitrogens is 1. The number of nitrogens with one attached hydrogen (secondary N) is 2. The second-order valence-corrected chi connectivity index (χ2v) is 7.10. The number of methoxy groups -OCH3 is 1. The minimum Gasteiger partial charge on any atom is -0.495 e. The van der Waals surface area contributed by atoms with E-state index in [0.29, 0.717) is 33.6 Å². The number of rotatable bonds is 6. The third-order valence-corrected chi connectivity index (χ3v) is 4.51. The van der Waals surface area contributed by atoms with Crippen LogP contribution < -0.4 is 15.4 Å². The lowest BCUT2D eigenvalue weighted by Crippen LogP contribution is -2.12. The van der Waals surface area contributed by atoms with Crippen LogP contribution in [0, 0.1) is 0 Å². The summed E-state index contributed by atoms with van der Waals surface area (Å²) in [5.74, 6) is 0.858. The summed E-state index contributed by atoms with van der Waals surface area (Å²) in [6.45, 7) is 4.26. The fraction of sp³-hybridized carbons (Fsp3) is 0.182. The van der Waals surface area contributed by atoms with E-state index < -0.39 is 0 Å². The second-order valence-electron chi connectivity index (χ2n) is 6.66. The molecule has 144 valence electrons. The van der Waals surface area contributed by atoms with E-state index in [-0.39, 0.29) is 5.91 Å². The largest absolute Gasteiger partial charge is 0.495 e. The van der Waals surface area contributed by atoms with Gasteiger partial charge in [0.15, 0.2) is 0 Å². The minimum absolute atomic E-state index is 0.230. The van der Waals surface area contributed by atoms with Crippen molar-refractivity contribution in [2.45, 2.75) is 19.8 Å². The lowest BCUT2D eigenvalue weighted by atomic mass is 10.0. The maximum absolute atomic E-state index is 12.6. The third kappa shape index (κ3) is 4.81. The van der Waals surface area contributed by atoms with Gasteiger partial charge in [0.05, 0.1) is 30.2 Å². The number of nitrogens with zero attached hydrogens (tertiary/aromatic N) is 1. The Morgan fingerprint density at radius 3 is 2.46 bits per heavy atom. The van der Waals surface area contributed by atoms with E-state index >= 15 is 0 Å². The summed E-state index contributed by atoms with van der Waals surface area (Å²) in [6, 6.07) is 14.8. The summed E-state index contributed by atoms with van der Waals surface area (Å²) in [4.78, 5) is 16.8. The fourth-order valence-electron chi connectivity index (χ4n) is 2.72. The number of hydrogen-bond acceptors (Lipinski definition) is 4. The van der Waals surface area contributed by atoms with Gasteiger partial charge in [-0.15, -0.1) is 0 Å². The molecule has 2 aromatic carbocycles. The molecule has 3 aromatic rings. The highest BCUT2D eigenvalue weighted by molar-refractivity contribution is 6.31. The van der Waals surface area contributed by atoms with Crippen LogP contribution in [0.5, 0.6) is 5.75 Å². The van der Waals surface area contributed by atoms with Gasteiger partial charge in [0.25, 0.3) is 5.91 Å². The molecule has 0 atom stereocenters. The highest BCUT2D eigenvalue weighted by Gasteiger charge is 2.10. The summed E-state index contributed by atoms with van der Waals surface area (Å²) in [5, 5.41) is 6.66. The topological polar surface area (TPSA) is 63.2 Å². The molecule has 3 rings (SSSR count). The Bertz CT molecular complexity index is 972. The molecule has 28 heavy (non-hydrogen) atoms. The van der Waals surface area contributed by atoms with Crippen molar-refractivity contribution in [1.29, 1.82) is 0 Å². The maximum atomic E-state index is 12.6. The molecule has 0 saturated carbocycles. The molecule has 0 radical (unpaired) electrons. The summed E-state index contributed by atoms with van der Waals surface area (Å²) >= 11 is 6.07. The van der Waals surface area contributed by atoms with Crippen LogP contribution in [-0.2, 0) is 0 Å². The fourth-order valence-corrected chi connectivity index (χ4v) is 2.89. The smallest absolute Gasteiger partial charge is 0.257 e. The molecule has 0 fully saturated rings. The molecule has 1 heterocycles. The molecule has 0 unspecified atom stereocenters. The number of ether oxygens (including phenoxy) is 1. The van der Waals surface area contributed by atoms with Crippen molar-refractivity contribution in [2.24, 2.45) is 0 Å². The molecule has 1 amide bonds. The third-order valence-electron chi connectivity index (χ3n) is 4.28. The van der Waals surface area contributed by atoms with Gasteiger partial charge in [0.1, 0.15) is 5.75 Å². The van der Waals surface area contributed by atoms with Crippen molar-refractivity contribution >= 4 is 34.6 Å². The van der Waals surface area contributed by atoms with Crippen LogP contribution in [0.25, 0.3) is 0 Å². The lowest BCUT2D eigenvalue weighted by Gasteiger charge is -2.12. The van der Waals surface area contributed by atoms with Crippen molar-refractivity contribution in [1.82, 2.24) is 4.98 Å². The number of carbonyl (C=O) groups is 1. The predicted octanol–water partition coefficient (Wildman–Crippen LogP) is 5.86. The lowest BCUT2D eigenvalue weighted by molar-refractivity contribution is 0.102. The monoisotopic (exact) mass is 395 g/mol. The first kappa shape index (κ1) is 19.7. The second kappa shape index (κ2) is 8.76. The first-order valence-electron chi connectivity index (χ1n) is 8.93. The van der Waals surface area contributed by atoms with Crippen molar-refractivity contribution in [3.05, 3.63) is 77.1 Å². The molecule has 0 spiro atoms. The number of anilines is 3. The Hall–Kier alpha value is -3.05. The van der Waals surface area contributed by atoms with Crippen molar-refractivity contribution in [2.75, 3.05) is 17.7 Å². The number of carbonyl (C=O) groups excluding carboxylic acids is 1. The average molecular weight is 396 g/mol. The number of halogens is 1. The van der Waals surface area contributed by atoms with Gasteiger partial charge in [-0.2, -0.15) is 0 Å². The molecule has 0 aliphatic carbocycles. The first-order valence-corrected chi connectivity index (χ1v) is 9.31. The highest BCUT2D eigenvalue weighted by Crippen LogP contribution is 2.30. The number of amides is 1. The van der Waals surface area contributed by atoms with Crippen LogP contribution in [-0.4, -0.2) is 18.0 Å². The van der Waals surface area contributed by atoms with Crippen LogP contribution in [0.3, 0.4) is 0 Å². The maximum Gasteiger partial charge on any atom is 0.257 e. The van der Waals surface area contributed by atoms with E-state index in [1.165, 1.54) is 11.8 Å². The number of benzene rings is 2. The van der Waals surface area contributed by atoms with E-state index in [2.05, 4.69) is 29.5 Å². The SMILES string of the molecule is COc1ccc(Cl)cc1Nc1cncc(C(=O)Nc2ccc(C(C)C)cc2)c1. The van der Waals surface area contributed by atoms with Crippen LogP contribution >= 0.6 is 11.6 Å². The zero-order valence-corrected chi connectivity index (χ0v) is 16.7. The van der Waals surface area contributed by atoms with Crippen LogP contribution in [0.4, 0.5) is 17.1 Å². The summed E-state index contributed by atoms with van der Waals surface area (Å²) in [7, 11) is 1.58. The zero-order chi connectivity index (χ0) is 20.1. The standard InChI is InChI=1S/C22H22ClN3O2/c1-14(2)15-4-7-18(8-5-15)26-22(27)16-10-19(13-24-12-16)25-20-11-17(23)6-9-21(20)28-3/h4-14,25H,1-3H3,(H,26,27). The Balaban J connectivity index is 1.75. The molecule has 0 bridgehead atoms. The zero-order valence-electron chi connectivity index (χ0n) is 16.0. The highest BCUT2D eigenvalue weighted by atomic mass is 35.5. The van der Waals surface area contributed by atoms with Crippen LogP contribution in [0.1, 0.15) is 35.7 Å². The average Bonchev–Trinajstić information content (AvgIpc) is 2.69. The van der Waals surface area contributed by atoms with Crippen molar-refractivity contribution < 1.29 is 9.53 Å². The molecule has 0 saturated heterocycles.